The number of benzene rings is 4. The molecule has 4 aromatic carbocycles. The van der Waals surface area contributed by atoms with Gasteiger partial charge in [-0.05, 0) is 47.0 Å². The van der Waals surface area contributed by atoms with Gasteiger partial charge < -0.3 is 9.47 Å². The number of rotatable bonds is 3. The summed E-state index contributed by atoms with van der Waals surface area (Å²) in [4.78, 5) is 9.71. The van der Waals surface area contributed by atoms with Crippen molar-refractivity contribution in [1.29, 1.82) is 0 Å². The second-order valence-electron chi connectivity index (χ2n) is 8.99. The number of methoxy groups -OCH3 is 1. The van der Waals surface area contributed by atoms with E-state index >= 15 is 0 Å². The molecule has 0 amide bonds. The zero-order valence-electron chi connectivity index (χ0n) is 19.8. The smallest absolute Gasteiger partial charge is 0.228 e. The maximum Gasteiger partial charge on any atom is 0.228 e. The molecule has 0 saturated heterocycles. The van der Waals surface area contributed by atoms with Crippen LogP contribution in [0.5, 0.6) is 17.4 Å². The molecule has 0 aliphatic carbocycles. The van der Waals surface area contributed by atoms with Crippen molar-refractivity contribution >= 4 is 16.4 Å². The molecule has 7 rings (SSSR count). The van der Waals surface area contributed by atoms with Crippen LogP contribution in [0.4, 0.5) is 0 Å². The third kappa shape index (κ3) is 3.08. The molecule has 3 heterocycles. The molecule has 2 aromatic heterocycles. The summed E-state index contributed by atoms with van der Waals surface area (Å²) >= 11 is 0. The van der Waals surface area contributed by atoms with Gasteiger partial charge in [0.15, 0.2) is 11.5 Å². The molecule has 1 atom stereocenters. The zero-order chi connectivity index (χ0) is 24.2. The van der Waals surface area contributed by atoms with Crippen molar-refractivity contribution in [2.75, 3.05) is 7.11 Å². The maximum atomic E-state index is 6.41. The first kappa shape index (κ1) is 20.6. The van der Waals surface area contributed by atoms with Crippen LogP contribution >= 0.6 is 0 Å². The van der Waals surface area contributed by atoms with Crippen molar-refractivity contribution < 1.29 is 9.47 Å². The van der Waals surface area contributed by atoms with Crippen LogP contribution in [0.1, 0.15) is 28.2 Å². The van der Waals surface area contributed by atoms with Gasteiger partial charge >= 0.3 is 0 Å². The van der Waals surface area contributed by atoms with E-state index in [9.17, 15) is 0 Å². The van der Waals surface area contributed by atoms with Crippen LogP contribution < -0.4 is 9.47 Å². The van der Waals surface area contributed by atoms with Gasteiger partial charge in [-0.15, -0.1) is 5.10 Å². The maximum absolute atomic E-state index is 6.41. The molecule has 0 fully saturated rings. The standard InChI is InChI=1S/C30H22N4O2/c1-18-7-3-5-9-22(18)28-32-29-27-25(20-11-14-21(35-2)15-12-20)26-23-10-6-4-8-19(23)13-16-24(26)36-30(27)31-17-34(29)33-28/h3-17,25H,1-2H3/t25-/m1/s1. The Morgan fingerprint density at radius 3 is 2.50 bits per heavy atom. The summed E-state index contributed by atoms with van der Waals surface area (Å²) in [5.41, 5.74) is 5.96. The molecule has 0 spiro atoms. The van der Waals surface area contributed by atoms with Crippen molar-refractivity contribution in [2.45, 2.75) is 12.8 Å². The Morgan fingerprint density at radius 1 is 0.861 bits per heavy atom. The molecule has 0 unspecified atom stereocenters. The Balaban J connectivity index is 1.53. The average Bonchev–Trinajstić information content (AvgIpc) is 3.36. The predicted molar refractivity (Wildman–Crippen MR) is 139 cm³/mol. The van der Waals surface area contributed by atoms with Gasteiger partial charge in [0.2, 0.25) is 5.88 Å². The number of fused-ring (bicyclic) bond motifs is 6. The molecular weight excluding hydrogens is 448 g/mol. The van der Waals surface area contributed by atoms with E-state index in [-0.39, 0.29) is 5.92 Å². The van der Waals surface area contributed by atoms with Crippen LogP contribution in [0.15, 0.2) is 91.3 Å². The monoisotopic (exact) mass is 470 g/mol. The summed E-state index contributed by atoms with van der Waals surface area (Å²) < 4.78 is 13.6. The molecule has 0 bridgehead atoms. The minimum absolute atomic E-state index is 0.147. The van der Waals surface area contributed by atoms with Gasteiger partial charge in [-0.3, -0.25) is 0 Å². The van der Waals surface area contributed by atoms with Gasteiger partial charge in [0.25, 0.3) is 0 Å². The zero-order valence-corrected chi connectivity index (χ0v) is 19.8. The van der Waals surface area contributed by atoms with E-state index in [1.165, 1.54) is 0 Å². The van der Waals surface area contributed by atoms with Gasteiger partial charge in [0.05, 0.1) is 12.7 Å². The summed E-state index contributed by atoms with van der Waals surface area (Å²) in [5.74, 6) is 2.68. The minimum Gasteiger partial charge on any atom is -0.497 e. The highest BCUT2D eigenvalue weighted by Crippen LogP contribution is 2.50. The van der Waals surface area contributed by atoms with E-state index in [4.69, 9.17) is 19.6 Å². The molecule has 0 N–H and O–H groups in total. The molecule has 0 radical (unpaired) electrons. The van der Waals surface area contributed by atoms with Gasteiger partial charge in [-0.2, -0.15) is 0 Å². The summed E-state index contributed by atoms with van der Waals surface area (Å²) in [5, 5.41) is 7.09. The quantitative estimate of drug-likeness (QED) is 0.293. The lowest BCUT2D eigenvalue weighted by Gasteiger charge is -2.29. The van der Waals surface area contributed by atoms with Crippen LogP contribution in [0, 0.1) is 6.92 Å². The van der Waals surface area contributed by atoms with E-state index < -0.39 is 0 Å². The number of ether oxygens (including phenoxy) is 2. The number of hydrogen-bond acceptors (Lipinski definition) is 5. The number of aromatic nitrogens is 4. The van der Waals surface area contributed by atoms with Crippen molar-refractivity contribution in [3.8, 4) is 28.8 Å². The van der Waals surface area contributed by atoms with Gasteiger partial charge in [-0.1, -0.05) is 66.7 Å². The summed E-state index contributed by atoms with van der Waals surface area (Å²) in [6, 6.07) is 28.9. The highest BCUT2D eigenvalue weighted by Gasteiger charge is 2.34. The Labute approximate surface area is 207 Å². The SMILES string of the molecule is COc1ccc([C@@H]2c3c(ccc4ccccc34)Oc3ncn4nc(-c5ccccc5C)nc4c32)cc1. The van der Waals surface area contributed by atoms with Crippen LogP contribution in [-0.4, -0.2) is 26.7 Å². The fraction of sp³-hybridized carbons (Fsp3) is 0.100. The van der Waals surface area contributed by atoms with Crippen molar-refractivity contribution in [1.82, 2.24) is 19.6 Å². The molecular formula is C30H22N4O2. The third-order valence-corrected chi connectivity index (χ3v) is 6.94. The molecule has 0 saturated carbocycles. The highest BCUT2D eigenvalue weighted by atomic mass is 16.5. The Kier molecular flexibility index (Phi) is 4.54. The van der Waals surface area contributed by atoms with E-state index in [0.717, 1.165) is 55.7 Å². The van der Waals surface area contributed by atoms with Gasteiger partial charge in [0.1, 0.15) is 17.8 Å². The first-order valence-corrected chi connectivity index (χ1v) is 11.9. The van der Waals surface area contributed by atoms with Crippen molar-refractivity contribution in [2.24, 2.45) is 0 Å². The highest BCUT2D eigenvalue weighted by molar-refractivity contribution is 5.91. The minimum atomic E-state index is -0.147. The lowest BCUT2D eigenvalue weighted by atomic mass is 9.81. The van der Waals surface area contributed by atoms with E-state index in [1.54, 1.807) is 18.0 Å². The average molecular weight is 471 g/mol. The lowest BCUT2D eigenvalue weighted by molar-refractivity contribution is 0.414. The molecule has 1 aliphatic rings. The molecule has 1 aliphatic heterocycles. The van der Waals surface area contributed by atoms with Crippen LogP contribution in [0.3, 0.4) is 0 Å². The molecule has 6 aromatic rings. The summed E-state index contributed by atoms with van der Waals surface area (Å²) in [7, 11) is 1.68. The summed E-state index contributed by atoms with van der Waals surface area (Å²) in [6.07, 6.45) is 1.68. The van der Waals surface area contributed by atoms with Crippen LogP contribution in [0.25, 0.3) is 27.8 Å². The number of nitrogens with zero attached hydrogens (tertiary/aromatic N) is 4. The van der Waals surface area contributed by atoms with Crippen molar-refractivity contribution in [3.63, 3.8) is 0 Å². The topological polar surface area (TPSA) is 61.5 Å². The number of hydrogen-bond donors (Lipinski definition) is 0. The van der Waals surface area contributed by atoms with Gasteiger partial charge in [0, 0.05) is 17.0 Å². The second kappa shape index (κ2) is 7.92. The Morgan fingerprint density at radius 2 is 1.67 bits per heavy atom. The number of aryl methyl sites for hydroxylation is 1. The van der Waals surface area contributed by atoms with Crippen LogP contribution in [0.2, 0.25) is 0 Å². The van der Waals surface area contributed by atoms with Gasteiger partial charge in [-0.25, -0.2) is 14.5 Å². The molecule has 6 heteroatoms. The Bertz CT molecular complexity index is 1770. The Hall–Kier alpha value is -4.71. The van der Waals surface area contributed by atoms with E-state index in [0.29, 0.717) is 11.7 Å². The van der Waals surface area contributed by atoms with Crippen molar-refractivity contribution in [3.05, 3.63) is 114 Å². The molecule has 36 heavy (non-hydrogen) atoms. The fourth-order valence-corrected chi connectivity index (χ4v) is 5.17. The predicted octanol–water partition coefficient (Wildman–Crippen LogP) is 6.55. The molecule has 174 valence electrons. The van der Waals surface area contributed by atoms with Crippen LogP contribution in [-0.2, 0) is 0 Å². The summed E-state index contributed by atoms with van der Waals surface area (Å²) in [6.45, 7) is 2.07. The van der Waals surface area contributed by atoms with E-state index in [1.807, 2.05) is 36.4 Å². The third-order valence-electron chi connectivity index (χ3n) is 6.94. The van der Waals surface area contributed by atoms with E-state index in [2.05, 4.69) is 60.4 Å². The normalized spacial score (nSPS) is 14.3. The molecule has 6 nitrogen and oxygen atoms in total. The first-order chi connectivity index (χ1) is 17.7. The second-order valence-corrected chi connectivity index (χ2v) is 8.99. The largest absolute Gasteiger partial charge is 0.497 e. The fourth-order valence-electron chi connectivity index (χ4n) is 5.17. The first-order valence-electron chi connectivity index (χ1n) is 11.9. The lowest BCUT2D eigenvalue weighted by Crippen LogP contribution is -2.15.